The molecule has 1 aromatic rings. The van der Waals surface area contributed by atoms with Gasteiger partial charge in [-0.3, -0.25) is 4.79 Å². The number of carboxylic acids is 1. The minimum absolute atomic E-state index is 0.131. The second-order valence-corrected chi connectivity index (χ2v) is 7.18. The zero-order chi connectivity index (χ0) is 18.0. The van der Waals surface area contributed by atoms with Gasteiger partial charge in [-0.05, 0) is 43.4 Å². The predicted molar refractivity (Wildman–Crippen MR) is 93.8 cm³/mol. The number of rotatable bonds is 5. The first-order valence-corrected chi connectivity index (χ1v) is 8.99. The van der Waals surface area contributed by atoms with Crippen LogP contribution in [-0.2, 0) is 4.79 Å². The molecule has 1 saturated carbocycles. The summed E-state index contributed by atoms with van der Waals surface area (Å²) in [6.07, 6.45) is 1.56. The third kappa shape index (κ3) is 4.24. The molecule has 2 fully saturated rings. The second-order valence-electron chi connectivity index (χ2n) is 7.18. The van der Waals surface area contributed by atoms with Crippen LogP contribution in [0.5, 0.6) is 5.75 Å². The number of hydrogen-bond donors (Lipinski definition) is 2. The molecule has 2 aliphatic rings. The van der Waals surface area contributed by atoms with Crippen molar-refractivity contribution in [3.05, 3.63) is 29.8 Å². The molecule has 1 aliphatic carbocycles. The summed E-state index contributed by atoms with van der Waals surface area (Å²) < 4.78 is 5.45. The molecule has 2 amide bonds. The zero-order valence-corrected chi connectivity index (χ0v) is 14.8. The molecule has 2 N–H and O–H groups in total. The summed E-state index contributed by atoms with van der Waals surface area (Å²) in [5, 5.41) is 12.3. The Morgan fingerprint density at radius 3 is 2.60 bits per heavy atom. The predicted octanol–water partition coefficient (Wildman–Crippen LogP) is 2.69. The van der Waals surface area contributed by atoms with Crippen LogP contribution in [0.15, 0.2) is 24.3 Å². The van der Waals surface area contributed by atoms with Gasteiger partial charge in [0.05, 0.1) is 12.5 Å². The molecule has 1 aliphatic heterocycles. The third-order valence-electron chi connectivity index (χ3n) is 5.01. The summed E-state index contributed by atoms with van der Waals surface area (Å²) in [4.78, 5) is 25.4. The number of likely N-dealkylation sites (tertiary alicyclic amines) is 1. The maximum absolute atomic E-state index is 12.5. The first kappa shape index (κ1) is 17.6. The number of carboxylic acid groups (broad SMARTS) is 1. The maximum atomic E-state index is 12.5. The van der Waals surface area contributed by atoms with Gasteiger partial charge in [0.15, 0.2) is 0 Å². The zero-order valence-electron chi connectivity index (χ0n) is 14.8. The molecule has 0 bridgehead atoms. The molecule has 0 spiro atoms. The highest BCUT2D eigenvalue weighted by molar-refractivity contribution is 5.77. The number of aliphatic carboxylic acids is 1. The minimum atomic E-state index is -0.817. The Morgan fingerprint density at radius 2 is 1.96 bits per heavy atom. The highest BCUT2D eigenvalue weighted by atomic mass is 16.5. The topological polar surface area (TPSA) is 78.9 Å². The van der Waals surface area contributed by atoms with Crippen LogP contribution in [-0.4, -0.2) is 47.7 Å². The van der Waals surface area contributed by atoms with Crippen molar-refractivity contribution >= 4 is 12.0 Å². The largest absolute Gasteiger partial charge is 0.494 e. The number of urea groups is 1. The van der Waals surface area contributed by atoms with Crippen molar-refractivity contribution in [3.8, 4) is 5.75 Å². The molecular formula is C19H26N2O4. The number of amides is 2. The van der Waals surface area contributed by atoms with E-state index >= 15 is 0 Å². The lowest BCUT2D eigenvalue weighted by Gasteiger charge is -2.34. The van der Waals surface area contributed by atoms with Crippen LogP contribution in [0, 0.1) is 11.8 Å². The SMILES string of the molecule is CCOc1ccc([C@@H]2C[C@H]2NC(=O)N2CC(C)CC(C(=O)O)C2)cc1. The Hall–Kier alpha value is -2.24. The molecule has 0 radical (unpaired) electrons. The van der Waals surface area contributed by atoms with E-state index in [1.54, 1.807) is 4.90 Å². The lowest BCUT2D eigenvalue weighted by molar-refractivity contribution is -0.143. The number of piperidine rings is 1. The van der Waals surface area contributed by atoms with Crippen LogP contribution >= 0.6 is 0 Å². The Kier molecular flexibility index (Phi) is 5.16. The summed E-state index contributed by atoms with van der Waals surface area (Å²) in [7, 11) is 0. The van der Waals surface area contributed by atoms with Crippen molar-refractivity contribution in [2.75, 3.05) is 19.7 Å². The maximum Gasteiger partial charge on any atom is 0.317 e. The molecular weight excluding hydrogens is 320 g/mol. The van der Waals surface area contributed by atoms with Crippen LogP contribution in [0.1, 0.15) is 38.2 Å². The standard InChI is InChI=1S/C19H26N2O4/c1-3-25-15-6-4-13(5-7-15)16-9-17(16)20-19(24)21-10-12(2)8-14(11-21)18(22)23/h4-7,12,14,16-17H,3,8-11H2,1-2H3,(H,20,24)(H,22,23)/t12?,14?,16-,17+/m0/s1. The van der Waals surface area contributed by atoms with Gasteiger partial charge in [0.1, 0.15) is 5.75 Å². The average Bonchev–Trinajstić information content (AvgIpc) is 3.34. The molecule has 3 rings (SSSR count). The first-order chi connectivity index (χ1) is 12.0. The molecule has 136 valence electrons. The van der Waals surface area contributed by atoms with Crippen LogP contribution < -0.4 is 10.1 Å². The Labute approximate surface area is 148 Å². The van der Waals surface area contributed by atoms with Gasteiger partial charge in [-0.1, -0.05) is 19.1 Å². The molecule has 1 saturated heterocycles. The Balaban J connectivity index is 1.53. The fraction of sp³-hybridized carbons (Fsp3) is 0.579. The highest BCUT2D eigenvalue weighted by Crippen LogP contribution is 2.41. The van der Waals surface area contributed by atoms with E-state index < -0.39 is 11.9 Å². The van der Waals surface area contributed by atoms with Crippen molar-refractivity contribution in [3.63, 3.8) is 0 Å². The van der Waals surface area contributed by atoms with Crippen molar-refractivity contribution in [1.82, 2.24) is 10.2 Å². The fourth-order valence-electron chi connectivity index (χ4n) is 3.65. The van der Waals surface area contributed by atoms with Gasteiger partial charge in [0, 0.05) is 25.0 Å². The van der Waals surface area contributed by atoms with Gasteiger partial charge in [-0.25, -0.2) is 4.79 Å². The summed E-state index contributed by atoms with van der Waals surface area (Å²) in [5.41, 5.74) is 1.20. The minimum Gasteiger partial charge on any atom is -0.494 e. The lowest BCUT2D eigenvalue weighted by atomic mass is 9.91. The van der Waals surface area contributed by atoms with Gasteiger partial charge in [0.25, 0.3) is 0 Å². The number of ether oxygens (including phenoxy) is 1. The molecule has 6 nitrogen and oxygen atoms in total. The van der Waals surface area contributed by atoms with E-state index in [0.717, 1.165) is 12.2 Å². The van der Waals surface area contributed by atoms with E-state index in [9.17, 15) is 14.7 Å². The van der Waals surface area contributed by atoms with Crippen molar-refractivity contribution in [2.24, 2.45) is 11.8 Å². The van der Waals surface area contributed by atoms with E-state index in [1.807, 2.05) is 38.1 Å². The van der Waals surface area contributed by atoms with Crippen molar-refractivity contribution < 1.29 is 19.4 Å². The van der Waals surface area contributed by atoms with Crippen LogP contribution in [0.2, 0.25) is 0 Å². The van der Waals surface area contributed by atoms with E-state index in [-0.39, 0.29) is 18.0 Å². The lowest BCUT2D eigenvalue weighted by Crippen LogP contribution is -2.50. The van der Waals surface area contributed by atoms with E-state index in [4.69, 9.17) is 4.74 Å². The molecule has 6 heteroatoms. The number of nitrogens with one attached hydrogen (secondary N) is 1. The van der Waals surface area contributed by atoms with E-state index in [0.29, 0.717) is 32.0 Å². The van der Waals surface area contributed by atoms with Crippen molar-refractivity contribution in [1.29, 1.82) is 0 Å². The molecule has 25 heavy (non-hydrogen) atoms. The molecule has 1 aromatic carbocycles. The second kappa shape index (κ2) is 7.33. The number of nitrogens with zero attached hydrogens (tertiary/aromatic N) is 1. The third-order valence-corrected chi connectivity index (χ3v) is 5.01. The van der Waals surface area contributed by atoms with E-state index in [1.165, 1.54) is 5.56 Å². The molecule has 2 unspecified atom stereocenters. The van der Waals surface area contributed by atoms with Gasteiger partial charge >= 0.3 is 12.0 Å². The molecule has 4 atom stereocenters. The van der Waals surface area contributed by atoms with Gasteiger partial charge in [-0.2, -0.15) is 0 Å². The average molecular weight is 346 g/mol. The van der Waals surface area contributed by atoms with Gasteiger partial charge in [0.2, 0.25) is 0 Å². The Morgan fingerprint density at radius 1 is 1.24 bits per heavy atom. The number of hydrogen-bond acceptors (Lipinski definition) is 3. The quantitative estimate of drug-likeness (QED) is 0.859. The number of carbonyl (C=O) groups is 2. The van der Waals surface area contributed by atoms with Gasteiger partial charge in [-0.15, -0.1) is 0 Å². The van der Waals surface area contributed by atoms with Crippen LogP contribution in [0.3, 0.4) is 0 Å². The number of benzene rings is 1. The highest BCUT2D eigenvalue weighted by Gasteiger charge is 2.41. The van der Waals surface area contributed by atoms with Crippen LogP contribution in [0.25, 0.3) is 0 Å². The fourth-order valence-corrected chi connectivity index (χ4v) is 3.65. The summed E-state index contributed by atoms with van der Waals surface area (Å²) in [6.45, 7) is 5.51. The van der Waals surface area contributed by atoms with E-state index in [2.05, 4.69) is 5.32 Å². The molecule has 1 heterocycles. The van der Waals surface area contributed by atoms with Crippen LogP contribution in [0.4, 0.5) is 4.79 Å². The smallest absolute Gasteiger partial charge is 0.317 e. The summed E-state index contributed by atoms with van der Waals surface area (Å²) in [6, 6.07) is 8.00. The summed E-state index contributed by atoms with van der Waals surface area (Å²) in [5.74, 6) is 0.118. The molecule has 0 aromatic heterocycles. The van der Waals surface area contributed by atoms with Crippen molar-refractivity contribution in [2.45, 2.75) is 38.6 Å². The monoisotopic (exact) mass is 346 g/mol. The normalized spacial score (nSPS) is 28.3. The summed E-state index contributed by atoms with van der Waals surface area (Å²) >= 11 is 0. The van der Waals surface area contributed by atoms with Gasteiger partial charge < -0.3 is 20.1 Å². The Bertz CT molecular complexity index is 631. The number of carbonyl (C=O) groups excluding carboxylic acids is 1. The first-order valence-electron chi connectivity index (χ1n) is 8.99.